The number of carbonyl (C=O) groups is 2. The number of rotatable bonds is 4. The molecule has 1 saturated heterocycles. The Labute approximate surface area is 110 Å². The normalized spacial score (nSPS) is 17.6. The highest BCUT2D eigenvalue weighted by Crippen LogP contribution is 2.20. The van der Waals surface area contributed by atoms with Crippen LogP contribution in [-0.4, -0.2) is 35.2 Å². The molecule has 0 spiro atoms. The van der Waals surface area contributed by atoms with E-state index in [9.17, 15) is 9.59 Å². The summed E-state index contributed by atoms with van der Waals surface area (Å²) >= 11 is 1.45. The molecule has 1 aromatic heterocycles. The number of hydrogen-bond acceptors (Lipinski definition) is 5. The van der Waals surface area contributed by atoms with Gasteiger partial charge in [-0.3, -0.25) is 9.69 Å². The van der Waals surface area contributed by atoms with Crippen molar-refractivity contribution >= 4 is 28.7 Å². The van der Waals surface area contributed by atoms with Gasteiger partial charge in [0, 0.05) is 24.8 Å². The van der Waals surface area contributed by atoms with Gasteiger partial charge in [-0.1, -0.05) is 0 Å². The van der Waals surface area contributed by atoms with Gasteiger partial charge in [-0.05, 0) is 25.9 Å². The third-order valence-electron chi connectivity index (χ3n) is 3.05. The standard InChI is InChI=1S/C12H17N3O2S/c1-9(17)13-12-14-11(8-18-12)6-15-4-2-10(7-16)3-5-15/h7-8,10H,2-6H2,1H3,(H,13,14,17). The zero-order valence-corrected chi connectivity index (χ0v) is 11.2. The molecule has 0 unspecified atom stereocenters. The average molecular weight is 267 g/mol. The number of aldehydes is 1. The van der Waals surface area contributed by atoms with Crippen LogP contribution in [0, 0.1) is 5.92 Å². The van der Waals surface area contributed by atoms with Crippen LogP contribution in [0.25, 0.3) is 0 Å². The first kappa shape index (κ1) is 13.2. The second-order valence-corrected chi connectivity index (χ2v) is 5.43. The van der Waals surface area contributed by atoms with Crippen molar-refractivity contribution in [3.8, 4) is 0 Å². The number of aromatic nitrogens is 1. The van der Waals surface area contributed by atoms with Crippen molar-refractivity contribution in [2.75, 3.05) is 18.4 Å². The summed E-state index contributed by atoms with van der Waals surface area (Å²) in [6, 6.07) is 0. The van der Waals surface area contributed by atoms with Crippen molar-refractivity contribution in [1.82, 2.24) is 9.88 Å². The number of carbonyl (C=O) groups excluding carboxylic acids is 2. The van der Waals surface area contributed by atoms with Gasteiger partial charge in [-0.2, -0.15) is 0 Å². The van der Waals surface area contributed by atoms with Gasteiger partial charge in [0.25, 0.3) is 0 Å². The smallest absolute Gasteiger partial charge is 0.223 e. The van der Waals surface area contributed by atoms with Gasteiger partial charge in [0.05, 0.1) is 5.69 Å². The molecule has 0 atom stereocenters. The van der Waals surface area contributed by atoms with E-state index < -0.39 is 0 Å². The third-order valence-corrected chi connectivity index (χ3v) is 3.85. The van der Waals surface area contributed by atoms with Crippen molar-refractivity contribution < 1.29 is 9.59 Å². The van der Waals surface area contributed by atoms with Crippen LogP contribution in [0.2, 0.25) is 0 Å². The lowest BCUT2D eigenvalue weighted by Gasteiger charge is -2.28. The Hall–Kier alpha value is -1.27. The number of hydrogen-bond donors (Lipinski definition) is 1. The van der Waals surface area contributed by atoms with E-state index in [2.05, 4.69) is 15.2 Å². The fourth-order valence-electron chi connectivity index (χ4n) is 2.06. The van der Waals surface area contributed by atoms with E-state index in [4.69, 9.17) is 0 Å². The van der Waals surface area contributed by atoms with Crippen LogP contribution in [0.4, 0.5) is 5.13 Å². The first-order chi connectivity index (χ1) is 8.67. The Bertz CT molecular complexity index is 425. The number of nitrogens with zero attached hydrogens (tertiary/aromatic N) is 2. The molecule has 2 rings (SSSR count). The summed E-state index contributed by atoms with van der Waals surface area (Å²) < 4.78 is 0. The van der Waals surface area contributed by atoms with Crippen molar-refractivity contribution in [3.05, 3.63) is 11.1 Å². The minimum Gasteiger partial charge on any atom is -0.303 e. The molecule has 0 aromatic carbocycles. The van der Waals surface area contributed by atoms with Gasteiger partial charge in [0.2, 0.25) is 5.91 Å². The largest absolute Gasteiger partial charge is 0.303 e. The second-order valence-electron chi connectivity index (χ2n) is 4.57. The predicted molar refractivity (Wildman–Crippen MR) is 70.5 cm³/mol. The number of thiazole rings is 1. The van der Waals surface area contributed by atoms with Gasteiger partial charge in [0.15, 0.2) is 5.13 Å². The van der Waals surface area contributed by atoms with Crippen molar-refractivity contribution in [2.24, 2.45) is 5.92 Å². The number of nitrogens with one attached hydrogen (secondary N) is 1. The van der Waals surface area contributed by atoms with Crippen LogP contribution in [0.5, 0.6) is 0 Å². The fourth-order valence-corrected chi connectivity index (χ4v) is 2.81. The molecular formula is C12H17N3O2S. The molecule has 1 amide bonds. The SMILES string of the molecule is CC(=O)Nc1nc(CN2CCC(C=O)CC2)cs1. The van der Waals surface area contributed by atoms with Gasteiger partial charge in [-0.15, -0.1) is 11.3 Å². The predicted octanol–water partition coefficient (Wildman–Crippen LogP) is 1.51. The van der Waals surface area contributed by atoms with Crippen molar-refractivity contribution in [2.45, 2.75) is 26.3 Å². The van der Waals surface area contributed by atoms with Crippen LogP contribution in [-0.2, 0) is 16.1 Å². The monoisotopic (exact) mass is 267 g/mol. The molecule has 0 radical (unpaired) electrons. The third kappa shape index (κ3) is 3.61. The minimum atomic E-state index is -0.0947. The molecule has 5 nitrogen and oxygen atoms in total. The summed E-state index contributed by atoms with van der Waals surface area (Å²) in [5.41, 5.74) is 0.980. The van der Waals surface area contributed by atoms with E-state index in [0.717, 1.165) is 44.5 Å². The molecule has 2 heterocycles. The lowest BCUT2D eigenvalue weighted by molar-refractivity contribution is -0.114. The van der Waals surface area contributed by atoms with Crippen LogP contribution >= 0.6 is 11.3 Å². The van der Waals surface area contributed by atoms with Gasteiger partial charge in [0.1, 0.15) is 6.29 Å². The molecule has 18 heavy (non-hydrogen) atoms. The highest BCUT2D eigenvalue weighted by molar-refractivity contribution is 7.13. The van der Waals surface area contributed by atoms with Crippen LogP contribution < -0.4 is 5.32 Å². The average Bonchev–Trinajstić information content (AvgIpc) is 2.76. The van der Waals surface area contributed by atoms with E-state index in [1.54, 1.807) is 0 Å². The summed E-state index contributed by atoms with van der Waals surface area (Å²) in [7, 11) is 0. The van der Waals surface area contributed by atoms with E-state index in [0.29, 0.717) is 5.13 Å². The molecule has 98 valence electrons. The van der Waals surface area contributed by atoms with E-state index in [-0.39, 0.29) is 11.8 Å². The topological polar surface area (TPSA) is 62.3 Å². The van der Waals surface area contributed by atoms with E-state index in [1.807, 2.05) is 5.38 Å². The maximum Gasteiger partial charge on any atom is 0.223 e. The number of likely N-dealkylation sites (tertiary alicyclic amines) is 1. The Morgan fingerprint density at radius 3 is 2.94 bits per heavy atom. The fraction of sp³-hybridized carbons (Fsp3) is 0.583. The number of piperidine rings is 1. The van der Waals surface area contributed by atoms with Gasteiger partial charge < -0.3 is 10.1 Å². The molecule has 1 N–H and O–H groups in total. The summed E-state index contributed by atoms with van der Waals surface area (Å²) in [5.74, 6) is 0.134. The lowest BCUT2D eigenvalue weighted by Crippen LogP contribution is -2.33. The molecular weight excluding hydrogens is 250 g/mol. The molecule has 1 fully saturated rings. The summed E-state index contributed by atoms with van der Waals surface area (Å²) in [6.07, 6.45) is 2.94. The lowest BCUT2D eigenvalue weighted by atomic mass is 9.99. The second kappa shape index (κ2) is 6.06. The number of anilines is 1. The Balaban J connectivity index is 1.84. The van der Waals surface area contributed by atoms with E-state index >= 15 is 0 Å². The molecule has 0 saturated carbocycles. The van der Waals surface area contributed by atoms with Crippen LogP contribution in [0.1, 0.15) is 25.5 Å². The maximum absolute atomic E-state index is 10.9. The highest BCUT2D eigenvalue weighted by atomic mass is 32.1. The Morgan fingerprint density at radius 2 is 2.33 bits per heavy atom. The first-order valence-electron chi connectivity index (χ1n) is 6.07. The van der Waals surface area contributed by atoms with E-state index in [1.165, 1.54) is 18.3 Å². The van der Waals surface area contributed by atoms with Crippen LogP contribution in [0.3, 0.4) is 0 Å². The first-order valence-corrected chi connectivity index (χ1v) is 6.95. The minimum absolute atomic E-state index is 0.0947. The molecule has 1 aromatic rings. The van der Waals surface area contributed by atoms with Crippen LogP contribution in [0.15, 0.2) is 5.38 Å². The molecule has 0 bridgehead atoms. The molecule has 6 heteroatoms. The summed E-state index contributed by atoms with van der Waals surface area (Å²) in [5, 5.41) is 5.30. The zero-order valence-electron chi connectivity index (χ0n) is 10.4. The van der Waals surface area contributed by atoms with Crippen molar-refractivity contribution in [3.63, 3.8) is 0 Å². The summed E-state index contributed by atoms with van der Waals surface area (Å²) in [6.45, 7) is 4.15. The maximum atomic E-state index is 10.9. The Kier molecular flexibility index (Phi) is 4.43. The van der Waals surface area contributed by atoms with Crippen molar-refractivity contribution in [1.29, 1.82) is 0 Å². The number of amides is 1. The zero-order chi connectivity index (χ0) is 13.0. The van der Waals surface area contributed by atoms with Gasteiger partial charge >= 0.3 is 0 Å². The van der Waals surface area contributed by atoms with Gasteiger partial charge in [-0.25, -0.2) is 4.98 Å². The molecule has 1 aliphatic rings. The highest BCUT2D eigenvalue weighted by Gasteiger charge is 2.19. The Morgan fingerprint density at radius 1 is 1.61 bits per heavy atom. The molecule has 0 aliphatic carbocycles. The quantitative estimate of drug-likeness (QED) is 0.840. The molecule has 1 aliphatic heterocycles. The summed E-state index contributed by atoms with van der Waals surface area (Å²) in [4.78, 5) is 28.2.